The second-order valence-electron chi connectivity index (χ2n) is 9.37. The highest BCUT2D eigenvalue weighted by molar-refractivity contribution is 5.67. The van der Waals surface area contributed by atoms with Gasteiger partial charge in [-0.15, -0.1) is 13.2 Å². The number of halogens is 5. The SMILES string of the molecule is CCC1CCC(CCC2=CCc3cc(-c4ccc(OC(F)(F)F)c(F)c4)c(F)cc3C2)CC1. The van der Waals surface area contributed by atoms with Crippen molar-refractivity contribution in [3.05, 3.63) is 64.7 Å². The minimum atomic E-state index is -4.99. The number of fused-ring (bicyclic) bond motifs is 1. The maximum Gasteiger partial charge on any atom is 0.573 e. The molecule has 33 heavy (non-hydrogen) atoms. The first-order valence-corrected chi connectivity index (χ1v) is 11.8. The maximum atomic E-state index is 14.9. The van der Waals surface area contributed by atoms with E-state index in [1.54, 1.807) is 6.07 Å². The summed E-state index contributed by atoms with van der Waals surface area (Å²) in [5, 5.41) is 0. The third-order valence-corrected chi connectivity index (χ3v) is 7.20. The summed E-state index contributed by atoms with van der Waals surface area (Å²) in [6.45, 7) is 2.27. The molecule has 0 aromatic heterocycles. The van der Waals surface area contributed by atoms with E-state index in [1.807, 2.05) is 0 Å². The first kappa shape index (κ1) is 23.8. The number of benzene rings is 2. The van der Waals surface area contributed by atoms with Crippen LogP contribution in [0.2, 0.25) is 0 Å². The zero-order valence-electron chi connectivity index (χ0n) is 18.8. The van der Waals surface area contributed by atoms with E-state index in [2.05, 4.69) is 17.7 Å². The lowest BCUT2D eigenvalue weighted by Crippen LogP contribution is -2.17. The molecule has 2 aliphatic rings. The van der Waals surface area contributed by atoms with E-state index in [0.717, 1.165) is 41.5 Å². The number of hydrogen-bond donors (Lipinski definition) is 0. The molecule has 2 aromatic carbocycles. The first-order valence-electron chi connectivity index (χ1n) is 11.8. The molecule has 2 aromatic rings. The molecule has 0 bridgehead atoms. The molecule has 1 fully saturated rings. The molecule has 178 valence electrons. The molecular weight excluding hydrogens is 435 g/mol. The average molecular weight is 465 g/mol. The lowest BCUT2D eigenvalue weighted by atomic mass is 9.78. The van der Waals surface area contributed by atoms with Crippen molar-refractivity contribution in [2.24, 2.45) is 11.8 Å². The third kappa shape index (κ3) is 5.96. The van der Waals surface area contributed by atoms with Gasteiger partial charge in [0, 0.05) is 5.56 Å². The Bertz CT molecular complexity index is 1020. The number of alkyl halides is 3. The van der Waals surface area contributed by atoms with E-state index in [4.69, 9.17) is 0 Å². The Morgan fingerprint density at radius 1 is 0.909 bits per heavy atom. The van der Waals surface area contributed by atoms with Crippen LogP contribution in [0.1, 0.15) is 63.0 Å². The molecule has 0 spiro atoms. The lowest BCUT2D eigenvalue weighted by molar-refractivity contribution is -0.275. The standard InChI is InChI=1S/C27H29F5O/c1-2-17-3-5-18(6-4-17)7-8-19-9-10-20-14-23(24(28)16-22(20)13-19)21-11-12-26(25(29)15-21)33-27(30,31)32/h9,11-12,14-18H,2-8,10,13H2,1H3. The number of rotatable bonds is 6. The topological polar surface area (TPSA) is 9.23 Å². The monoisotopic (exact) mass is 464 g/mol. The van der Waals surface area contributed by atoms with Crippen molar-refractivity contribution in [1.82, 2.24) is 0 Å². The van der Waals surface area contributed by atoms with Gasteiger partial charge in [0.2, 0.25) is 0 Å². The van der Waals surface area contributed by atoms with Crippen molar-refractivity contribution in [2.45, 2.75) is 71.1 Å². The molecular formula is C27H29F5O. The van der Waals surface area contributed by atoms with Crippen molar-refractivity contribution >= 4 is 0 Å². The van der Waals surface area contributed by atoms with Crippen LogP contribution in [0.25, 0.3) is 11.1 Å². The fraction of sp³-hybridized carbons (Fsp3) is 0.481. The lowest BCUT2D eigenvalue weighted by Gasteiger charge is -2.28. The van der Waals surface area contributed by atoms with E-state index < -0.39 is 23.7 Å². The van der Waals surface area contributed by atoms with Crippen LogP contribution in [0.3, 0.4) is 0 Å². The van der Waals surface area contributed by atoms with Crippen LogP contribution in [0.4, 0.5) is 22.0 Å². The van der Waals surface area contributed by atoms with Gasteiger partial charge in [0.05, 0.1) is 0 Å². The van der Waals surface area contributed by atoms with Gasteiger partial charge in [0.15, 0.2) is 11.6 Å². The van der Waals surface area contributed by atoms with E-state index in [-0.39, 0.29) is 11.1 Å². The minimum absolute atomic E-state index is 0.177. The minimum Gasteiger partial charge on any atom is -0.403 e. The largest absolute Gasteiger partial charge is 0.573 e. The van der Waals surface area contributed by atoms with E-state index in [0.29, 0.717) is 12.8 Å². The molecule has 1 saturated carbocycles. The van der Waals surface area contributed by atoms with Crippen LogP contribution in [0.15, 0.2) is 42.0 Å². The van der Waals surface area contributed by atoms with Crippen LogP contribution >= 0.6 is 0 Å². The average Bonchev–Trinajstić information content (AvgIpc) is 2.78. The number of hydrogen-bond acceptors (Lipinski definition) is 1. The number of ether oxygens (including phenoxy) is 1. The Labute approximate surface area is 191 Å². The van der Waals surface area contributed by atoms with Crippen molar-refractivity contribution in [3.8, 4) is 16.9 Å². The highest BCUT2D eigenvalue weighted by Gasteiger charge is 2.32. The Balaban J connectivity index is 1.42. The molecule has 0 radical (unpaired) electrons. The quantitative estimate of drug-likeness (QED) is 0.307. The zero-order chi connectivity index (χ0) is 23.6. The summed E-state index contributed by atoms with van der Waals surface area (Å²) in [6.07, 6.45) is 7.40. The van der Waals surface area contributed by atoms with E-state index >= 15 is 0 Å². The van der Waals surface area contributed by atoms with Crippen molar-refractivity contribution in [2.75, 3.05) is 0 Å². The Kier molecular flexibility index (Phi) is 7.10. The summed E-state index contributed by atoms with van der Waals surface area (Å²) in [5.41, 5.74) is 3.60. The predicted octanol–water partition coefficient (Wildman–Crippen LogP) is 8.55. The van der Waals surface area contributed by atoms with Gasteiger partial charge in [-0.3, -0.25) is 0 Å². The van der Waals surface area contributed by atoms with Crippen LogP contribution in [0, 0.1) is 23.5 Å². The Hall–Kier alpha value is -2.37. The summed E-state index contributed by atoms with van der Waals surface area (Å²) in [6, 6.07) is 6.17. The maximum absolute atomic E-state index is 14.9. The molecule has 0 aliphatic heterocycles. The zero-order valence-corrected chi connectivity index (χ0v) is 18.8. The molecule has 4 rings (SSSR count). The van der Waals surface area contributed by atoms with Crippen molar-refractivity contribution < 1.29 is 26.7 Å². The highest BCUT2D eigenvalue weighted by Crippen LogP contribution is 2.36. The molecule has 0 unspecified atom stereocenters. The van der Waals surface area contributed by atoms with Gasteiger partial charge in [0.25, 0.3) is 0 Å². The predicted molar refractivity (Wildman–Crippen MR) is 119 cm³/mol. The first-order chi connectivity index (χ1) is 15.7. The van der Waals surface area contributed by atoms with Crippen LogP contribution < -0.4 is 4.74 Å². The van der Waals surface area contributed by atoms with Gasteiger partial charge in [-0.25, -0.2) is 8.78 Å². The van der Waals surface area contributed by atoms with Crippen molar-refractivity contribution in [3.63, 3.8) is 0 Å². The molecule has 0 atom stereocenters. The normalized spacial score (nSPS) is 20.8. The van der Waals surface area contributed by atoms with Crippen molar-refractivity contribution in [1.29, 1.82) is 0 Å². The molecule has 0 saturated heterocycles. The summed E-state index contributed by atoms with van der Waals surface area (Å²) in [7, 11) is 0. The van der Waals surface area contributed by atoms with E-state index in [9.17, 15) is 22.0 Å². The Morgan fingerprint density at radius 3 is 2.30 bits per heavy atom. The van der Waals surface area contributed by atoms with Crippen LogP contribution in [-0.4, -0.2) is 6.36 Å². The molecule has 6 heteroatoms. The second kappa shape index (κ2) is 9.86. The van der Waals surface area contributed by atoms with Gasteiger partial charge in [-0.2, -0.15) is 0 Å². The summed E-state index contributed by atoms with van der Waals surface area (Å²) in [5.74, 6) is -0.941. The highest BCUT2D eigenvalue weighted by atomic mass is 19.4. The second-order valence-corrected chi connectivity index (χ2v) is 9.37. The van der Waals surface area contributed by atoms with Gasteiger partial charge in [0.1, 0.15) is 5.82 Å². The molecule has 0 N–H and O–H groups in total. The molecule has 0 heterocycles. The van der Waals surface area contributed by atoms with Gasteiger partial charge in [-0.1, -0.05) is 56.7 Å². The summed E-state index contributed by atoms with van der Waals surface area (Å²) in [4.78, 5) is 0. The molecule has 2 aliphatic carbocycles. The fourth-order valence-corrected chi connectivity index (χ4v) is 5.19. The Morgan fingerprint density at radius 2 is 1.64 bits per heavy atom. The molecule has 1 nitrogen and oxygen atoms in total. The fourth-order valence-electron chi connectivity index (χ4n) is 5.19. The summed E-state index contributed by atoms with van der Waals surface area (Å²) < 4.78 is 69.8. The number of allylic oxidation sites excluding steroid dienone is 2. The van der Waals surface area contributed by atoms with Crippen LogP contribution in [-0.2, 0) is 12.8 Å². The van der Waals surface area contributed by atoms with Gasteiger partial charge >= 0.3 is 6.36 Å². The smallest absolute Gasteiger partial charge is 0.403 e. The summed E-state index contributed by atoms with van der Waals surface area (Å²) >= 11 is 0. The van der Waals surface area contributed by atoms with Gasteiger partial charge in [-0.05, 0) is 78.5 Å². The third-order valence-electron chi connectivity index (χ3n) is 7.20. The molecule has 0 amide bonds. The van der Waals surface area contributed by atoms with Crippen LogP contribution in [0.5, 0.6) is 5.75 Å². The van der Waals surface area contributed by atoms with Gasteiger partial charge < -0.3 is 4.74 Å². The van der Waals surface area contributed by atoms with E-state index in [1.165, 1.54) is 56.2 Å².